The lowest BCUT2D eigenvalue weighted by Crippen LogP contribution is -2.51. The Morgan fingerprint density at radius 1 is 1.38 bits per heavy atom. The molecule has 2 N–H and O–H groups in total. The number of esters is 1. The van der Waals surface area contributed by atoms with E-state index >= 15 is 0 Å². The van der Waals surface area contributed by atoms with E-state index in [2.05, 4.69) is 10.6 Å². The number of hydrogen-bond acceptors (Lipinski definition) is 5. The van der Waals surface area contributed by atoms with Crippen LogP contribution in [-0.4, -0.2) is 41.4 Å². The van der Waals surface area contributed by atoms with Crippen LogP contribution in [0.15, 0.2) is 18.2 Å². The zero-order valence-corrected chi connectivity index (χ0v) is 14.9. The maximum absolute atomic E-state index is 12.2. The first kappa shape index (κ1) is 18.3. The number of amides is 2. The van der Waals surface area contributed by atoms with Crippen molar-refractivity contribution in [2.24, 2.45) is 0 Å². The number of rotatable bonds is 5. The van der Waals surface area contributed by atoms with Crippen LogP contribution in [0.4, 0.5) is 5.69 Å². The van der Waals surface area contributed by atoms with E-state index in [1.165, 1.54) is 11.8 Å². The van der Waals surface area contributed by atoms with Crippen LogP contribution in [0.3, 0.4) is 0 Å². The van der Waals surface area contributed by atoms with Crippen LogP contribution in [0.1, 0.15) is 24.5 Å². The van der Waals surface area contributed by atoms with Crippen LogP contribution in [-0.2, 0) is 19.1 Å². The van der Waals surface area contributed by atoms with Crippen molar-refractivity contribution in [3.63, 3.8) is 0 Å². The fourth-order valence-electron chi connectivity index (χ4n) is 2.36. The minimum Gasteiger partial charge on any atom is -0.464 e. The molecule has 0 radical (unpaired) electrons. The molecule has 0 saturated carbocycles. The van der Waals surface area contributed by atoms with E-state index in [-0.39, 0.29) is 24.8 Å². The number of hydrogen-bond donors (Lipinski definition) is 2. The van der Waals surface area contributed by atoms with Crippen LogP contribution in [0, 0.1) is 13.8 Å². The third-order valence-corrected chi connectivity index (χ3v) is 4.99. The predicted octanol–water partition coefficient (Wildman–Crippen LogP) is 1.80. The molecule has 2 rings (SSSR count). The molecule has 2 atom stereocenters. The maximum atomic E-state index is 12.2. The molecule has 0 aliphatic carbocycles. The van der Waals surface area contributed by atoms with Gasteiger partial charge in [0, 0.05) is 17.9 Å². The number of carbonyl (C=O) groups is 3. The molecule has 2 amide bonds. The van der Waals surface area contributed by atoms with Gasteiger partial charge in [-0.05, 0) is 38.0 Å². The lowest BCUT2D eigenvalue weighted by Gasteiger charge is -2.27. The molecule has 1 saturated heterocycles. The van der Waals surface area contributed by atoms with Gasteiger partial charge in [-0.25, -0.2) is 4.79 Å². The highest BCUT2D eigenvalue weighted by Gasteiger charge is 2.34. The topological polar surface area (TPSA) is 84.5 Å². The Hall–Kier alpha value is -2.02. The molecule has 130 valence electrons. The minimum absolute atomic E-state index is 0.0689. The fraction of sp³-hybridized carbons (Fsp3) is 0.471. The Morgan fingerprint density at radius 2 is 2.12 bits per heavy atom. The molecule has 1 aliphatic heterocycles. The molecule has 1 aromatic carbocycles. The molecule has 0 bridgehead atoms. The highest BCUT2D eigenvalue weighted by atomic mass is 32.2. The van der Waals surface area contributed by atoms with Crippen LogP contribution < -0.4 is 10.6 Å². The Kier molecular flexibility index (Phi) is 6.25. The van der Waals surface area contributed by atoms with E-state index in [4.69, 9.17) is 4.74 Å². The van der Waals surface area contributed by atoms with Crippen molar-refractivity contribution >= 4 is 35.2 Å². The monoisotopic (exact) mass is 350 g/mol. The average Bonchev–Trinajstić information content (AvgIpc) is 2.53. The number of thioether (sulfide) groups is 1. The summed E-state index contributed by atoms with van der Waals surface area (Å²) in [7, 11) is 0. The number of nitrogens with one attached hydrogen (secondary N) is 2. The summed E-state index contributed by atoms with van der Waals surface area (Å²) >= 11 is 1.31. The normalized spacial score (nSPS) is 20.2. The summed E-state index contributed by atoms with van der Waals surface area (Å²) in [5.41, 5.74) is 2.78. The second-order valence-corrected chi connectivity index (χ2v) is 6.94. The Labute approximate surface area is 145 Å². The molecule has 0 spiro atoms. The molecule has 0 aromatic heterocycles. The predicted molar refractivity (Wildman–Crippen MR) is 94.0 cm³/mol. The highest BCUT2D eigenvalue weighted by Crippen LogP contribution is 2.23. The molecule has 0 unspecified atom stereocenters. The van der Waals surface area contributed by atoms with Crippen molar-refractivity contribution < 1.29 is 19.1 Å². The minimum atomic E-state index is -0.638. The molecular formula is C17H22N2O4S. The molecule has 1 heterocycles. The van der Waals surface area contributed by atoms with Crippen molar-refractivity contribution in [3.8, 4) is 0 Å². The summed E-state index contributed by atoms with van der Waals surface area (Å²) in [4.78, 5) is 36.0. The zero-order chi connectivity index (χ0) is 17.7. The van der Waals surface area contributed by atoms with Gasteiger partial charge >= 0.3 is 5.97 Å². The van der Waals surface area contributed by atoms with E-state index in [0.717, 1.165) is 16.8 Å². The molecule has 7 heteroatoms. The first-order valence-corrected chi connectivity index (χ1v) is 8.91. The van der Waals surface area contributed by atoms with Gasteiger partial charge in [-0.3, -0.25) is 9.59 Å². The first-order valence-electron chi connectivity index (χ1n) is 7.86. The first-order chi connectivity index (χ1) is 11.4. The lowest BCUT2D eigenvalue weighted by atomic mass is 10.1. The Morgan fingerprint density at radius 3 is 2.79 bits per heavy atom. The summed E-state index contributed by atoms with van der Waals surface area (Å²) in [6, 6.07) is 5.18. The van der Waals surface area contributed by atoms with Gasteiger partial charge < -0.3 is 15.4 Å². The van der Waals surface area contributed by atoms with E-state index in [0.29, 0.717) is 5.75 Å². The van der Waals surface area contributed by atoms with E-state index in [1.807, 2.05) is 32.0 Å². The standard InChI is InChI=1S/C17H22N2O4S/c1-4-23-17(22)13-9-24-14(16(21)19-13)8-15(20)18-12-7-10(2)5-6-11(12)3/h5-7,13-14H,4,8-9H2,1-3H3,(H,18,20)(H,19,21)/t13-,14+/m1/s1. The van der Waals surface area contributed by atoms with E-state index in [9.17, 15) is 14.4 Å². The van der Waals surface area contributed by atoms with Crippen LogP contribution in [0.25, 0.3) is 0 Å². The molecule has 1 fully saturated rings. The second kappa shape index (κ2) is 8.19. The van der Waals surface area contributed by atoms with Gasteiger partial charge in [0.2, 0.25) is 11.8 Å². The van der Waals surface area contributed by atoms with Crippen LogP contribution >= 0.6 is 11.8 Å². The SMILES string of the molecule is CCOC(=O)[C@H]1CS[C@@H](CC(=O)Nc2cc(C)ccc2C)C(=O)N1. The van der Waals surface area contributed by atoms with Crippen LogP contribution in [0.2, 0.25) is 0 Å². The average molecular weight is 350 g/mol. The smallest absolute Gasteiger partial charge is 0.329 e. The number of benzene rings is 1. The second-order valence-electron chi connectivity index (χ2n) is 5.71. The van der Waals surface area contributed by atoms with Gasteiger partial charge in [0.05, 0.1) is 11.9 Å². The van der Waals surface area contributed by atoms with Gasteiger partial charge in [0.15, 0.2) is 0 Å². The summed E-state index contributed by atoms with van der Waals surface area (Å²) in [6.45, 7) is 5.86. The van der Waals surface area contributed by atoms with Crippen molar-refractivity contribution in [2.75, 3.05) is 17.7 Å². The highest BCUT2D eigenvalue weighted by molar-refractivity contribution is 8.00. The summed E-state index contributed by atoms with van der Waals surface area (Å²) in [5, 5.41) is 4.98. The largest absolute Gasteiger partial charge is 0.464 e. The van der Waals surface area contributed by atoms with E-state index < -0.39 is 17.3 Å². The van der Waals surface area contributed by atoms with Crippen LogP contribution in [0.5, 0.6) is 0 Å². The molecular weight excluding hydrogens is 328 g/mol. The van der Waals surface area contributed by atoms with Crippen molar-refractivity contribution in [1.29, 1.82) is 0 Å². The fourth-order valence-corrected chi connectivity index (χ4v) is 3.49. The third kappa shape index (κ3) is 4.74. The van der Waals surface area contributed by atoms with Crippen molar-refractivity contribution in [1.82, 2.24) is 5.32 Å². The van der Waals surface area contributed by atoms with Gasteiger partial charge in [-0.15, -0.1) is 11.8 Å². The molecule has 1 aromatic rings. The Bertz CT molecular complexity index is 647. The lowest BCUT2D eigenvalue weighted by molar-refractivity contribution is -0.146. The molecule has 1 aliphatic rings. The van der Waals surface area contributed by atoms with Gasteiger partial charge in [-0.2, -0.15) is 0 Å². The molecule has 6 nitrogen and oxygen atoms in total. The van der Waals surface area contributed by atoms with Crippen molar-refractivity contribution in [2.45, 2.75) is 38.5 Å². The maximum Gasteiger partial charge on any atom is 0.329 e. The summed E-state index contributed by atoms with van der Waals surface area (Å²) in [6.07, 6.45) is 0.0689. The number of carbonyl (C=O) groups excluding carboxylic acids is 3. The Balaban J connectivity index is 1.90. The number of ether oxygens (including phenoxy) is 1. The van der Waals surface area contributed by atoms with Gasteiger partial charge in [0.25, 0.3) is 0 Å². The number of anilines is 1. The van der Waals surface area contributed by atoms with Gasteiger partial charge in [-0.1, -0.05) is 12.1 Å². The van der Waals surface area contributed by atoms with Gasteiger partial charge in [0.1, 0.15) is 6.04 Å². The zero-order valence-electron chi connectivity index (χ0n) is 14.0. The van der Waals surface area contributed by atoms with Crippen molar-refractivity contribution in [3.05, 3.63) is 29.3 Å². The molecule has 24 heavy (non-hydrogen) atoms. The summed E-state index contributed by atoms with van der Waals surface area (Å²) in [5.74, 6) is -0.547. The number of aryl methyl sites for hydroxylation is 2. The quantitative estimate of drug-likeness (QED) is 0.791. The third-order valence-electron chi connectivity index (χ3n) is 3.68. The van der Waals surface area contributed by atoms with E-state index in [1.54, 1.807) is 6.92 Å². The summed E-state index contributed by atoms with van der Waals surface area (Å²) < 4.78 is 4.90.